The molecule has 0 radical (unpaired) electrons. The molecule has 1 aliphatic heterocycles. The van der Waals surface area contributed by atoms with Crippen molar-refractivity contribution < 1.29 is 0 Å². The van der Waals surface area contributed by atoms with Gasteiger partial charge in [-0.05, 0) is 24.0 Å². The van der Waals surface area contributed by atoms with Crippen LogP contribution in [0.15, 0.2) is 66.7 Å². The molecule has 1 aliphatic carbocycles. The van der Waals surface area contributed by atoms with E-state index < -0.39 is 0 Å². The number of piperazine rings is 1. The summed E-state index contributed by atoms with van der Waals surface area (Å²) in [7, 11) is 0. The molecule has 150 valence electrons. The van der Waals surface area contributed by atoms with Gasteiger partial charge in [-0.1, -0.05) is 85.7 Å². The Morgan fingerprint density at radius 1 is 0.931 bits per heavy atom. The van der Waals surface area contributed by atoms with Crippen LogP contribution in [0, 0.1) is 17.2 Å². The molecule has 2 aliphatic rings. The Balaban J connectivity index is 1.45. The van der Waals surface area contributed by atoms with Crippen LogP contribution in [0.1, 0.15) is 36.8 Å². The van der Waals surface area contributed by atoms with Crippen molar-refractivity contribution in [2.75, 3.05) is 32.7 Å². The van der Waals surface area contributed by atoms with Gasteiger partial charge in [-0.25, -0.2) is 0 Å². The average molecular weight is 386 g/mol. The van der Waals surface area contributed by atoms with Gasteiger partial charge in [0, 0.05) is 32.7 Å². The molecule has 3 nitrogen and oxygen atoms in total. The summed E-state index contributed by atoms with van der Waals surface area (Å²) in [6.45, 7) is 5.18. The predicted molar refractivity (Wildman–Crippen MR) is 119 cm³/mol. The SMILES string of the molecule is N#CC1CCCCC1(c1ccccc1)N1CCN(C/C=C\c2ccccc2)CC1. The third-order valence-corrected chi connectivity index (χ3v) is 6.72. The summed E-state index contributed by atoms with van der Waals surface area (Å²) in [5.41, 5.74) is 2.48. The van der Waals surface area contributed by atoms with E-state index in [9.17, 15) is 5.26 Å². The minimum absolute atomic E-state index is 0.0863. The summed E-state index contributed by atoms with van der Waals surface area (Å²) in [5.74, 6) is 0.0863. The van der Waals surface area contributed by atoms with Crippen molar-refractivity contribution in [3.05, 3.63) is 77.9 Å². The molecule has 1 heterocycles. The molecule has 0 N–H and O–H groups in total. The maximum Gasteiger partial charge on any atom is 0.0689 e. The van der Waals surface area contributed by atoms with Gasteiger partial charge in [0.25, 0.3) is 0 Å². The van der Waals surface area contributed by atoms with E-state index in [2.05, 4.69) is 88.7 Å². The van der Waals surface area contributed by atoms with Crippen LogP contribution in [0.2, 0.25) is 0 Å². The van der Waals surface area contributed by atoms with Crippen molar-refractivity contribution in [2.45, 2.75) is 31.2 Å². The van der Waals surface area contributed by atoms with Crippen LogP contribution in [0.25, 0.3) is 6.08 Å². The van der Waals surface area contributed by atoms with Gasteiger partial charge in [0.2, 0.25) is 0 Å². The third-order valence-electron chi connectivity index (χ3n) is 6.72. The highest BCUT2D eigenvalue weighted by molar-refractivity contribution is 5.48. The zero-order chi connectivity index (χ0) is 19.9. The molecule has 2 aromatic carbocycles. The molecule has 0 aromatic heterocycles. The van der Waals surface area contributed by atoms with Gasteiger partial charge in [-0.15, -0.1) is 0 Å². The van der Waals surface area contributed by atoms with E-state index in [1.807, 2.05) is 0 Å². The van der Waals surface area contributed by atoms with Crippen molar-refractivity contribution >= 4 is 6.08 Å². The van der Waals surface area contributed by atoms with E-state index in [1.165, 1.54) is 24.0 Å². The summed E-state index contributed by atoms with van der Waals surface area (Å²) >= 11 is 0. The van der Waals surface area contributed by atoms with Crippen LogP contribution in [-0.2, 0) is 5.54 Å². The first kappa shape index (κ1) is 19.9. The maximum absolute atomic E-state index is 10.00. The van der Waals surface area contributed by atoms with E-state index >= 15 is 0 Å². The zero-order valence-electron chi connectivity index (χ0n) is 17.2. The quantitative estimate of drug-likeness (QED) is 0.731. The second-order valence-electron chi connectivity index (χ2n) is 8.32. The topological polar surface area (TPSA) is 30.3 Å². The van der Waals surface area contributed by atoms with Gasteiger partial charge in [0.1, 0.15) is 0 Å². The summed E-state index contributed by atoms with van der Waals surface area (Å²) < 4.78 is 0. The number of hydrogen-bond donors (Lipinski definition) is 0. The summed E-state index contributed by atoms with van der Waals surface area (Å²) in [5, 5.41) is 10.00. The lowest BCUT2D eigenvalue weighted by Gasteiger charge is -2.52. The first-order valence-electron chi connectivity index (χ1n) is 11.0. The van der Waals surface area contributed by atoms with E-state index in [0.717, 1.165) is 45.6 Å². The lowest BCUT2D eigenvalue weighted by molar-refractivity contribution is -0.0162. The minimum Gasteiger partial charge on any atom is -0.297 e. The fraction of sp³-hybridized carbons (Fsp3) is 0.423. The second kappa shape index (κ2) is 9.39. The largest absolute Gasteiger partial charge is 0.297 e. The van der Waals surface area contributed by atoms with Crippen LogP contribution >= 0.6 is 0 Å². The van der Waals surface area contributed by atoms with Crippen LogP contribution in [0.5, 0.6) is 0 Å². The Labute approximate surface area is 175 Å². The highest BCUT2D eigenvalue weighted by Crippen LogP contribution is 2.46. The van der Waals surface area contributed by atoms with Crippen molar-refractivity contribution in [3.8, 4) is 6.07 Å². The Bertz CT molecular complexity index is 831. The molecule has 2 atom stereocenters. The minimum atomic E-state index is -0.111. The average Bonchev–Trinajstić information content (AvgIpc) is 2.81. The molecule has 4 rings (SSSR count). The lowest BCUT2D eigenvalue weighted by atomic mass is 9.68. The maximum atomic E-state index is 10.00. The molecule has 1 saturated carbocycles. The number of nitrogens with zero attached hydrogens (tertiary/aromatic N) is 3. The first-order chi connectivity index (χ1) is 14.3. The molecule has 0 spiro atoms. The molecule has 2 aromatic rings. The normalized spacial score (nSPS) is 26.4. The van der Waals surface area contributed by atoms with E-state index in [0.29, 0.717) is 0 Å². The van der Waals surface area contributed by atoms with Crippen LogP contribution in [-0.4, -0.2) is 42.5 Å². The lowest BCUT2D eigenvalue weighted by Crippen LogP contribution is -2.59. The number of rotatable bonds is 5. The van der Waals surface area contributed by atoms with Crippen molar-refractivity contribution in [2.24, 2.45) is 5.92 Å². The van der Waals surface area contributed by atoms with E-state index in [-0.39, 0.29) is 11.5 Å². The van der Waals surface area contributed by atoms with Crippen molar-refractivity contribution in [3.63, 3.8) is 0 Å². The predicted octanol–water partition coefficient (Wildman–Crippen LogP) is 4.93. The molecule has 1 saturated heterocycles. The molecule has 29 heavy (non-hydrogen) atoms. The van der Waals surface area contributed by atoms with Crippen molar-refractivity contribution in [1.82, 2.24) is 9.80 Å². The molecular weight excluding hydrogens is 354 g/mol. The summed E-state index contributed by atoms with van der Waals surface area (Å²) in [4.78, 5) is 5.16. The highest BCUT2D eigenvalue weighted by atomic mass is 15.3. The third kappa shape index (κ3) is 4.29. The Morgan fingerprint density at radius 3 is 2.31 bits per heavy atom. The second-order valence-corrected chi connectivity index (χ2v) is 8.32. The van der Waals surface area contributed by atoms with Crippen LogP contribution in [0.3, 0.4) is 0 Å². The van der Waals surface area contributed by atoms with E-state index in [1.54, 1.807) is 0 Å². The van der Waals surface area contributed by atoms with Crippen LogP contribution in [0.4, 0.5) is 0 Å². The van der Waals surface area contributed by atoms with Crippen molar-refractivity contribution in [1.29, 1.82) is 5.26 Å². The van der Waals surface area contributed by atoms with Gasteiger partial charge in [0.05, 0.1) is 17.5 Å². The molecule has 3 heteroatoms. The molecule has 2 fully saturated rings. The number of benzene rings is 2. The van der Waals surface area contributed by atoms with Gasteiger partial charge >= 0.3 is 0 Å². The number of nitriles is 1. The first-order valence-corrected chi connectivity index (χ1v) is 11.0. The molecule has 2 unspecified atom stereocenters. The molecular formula is C26H31N3. The van der Waals surface area contributed by atoms with Gasteiger partial charge in [0.15, 0.2) is 0 Å². The summed E-state index contributed by atoms with van der Waals surface area (Å²) in [6.07, 6.45) is 9.00. The monoisotopic (exact) mass is 385 g/mol. The Hall–Kier alpha value is -2.41. The summed E-state index contributed by atoms with van der Waals surface area (Å²) in [6, 6.07) is 24.0. The molecule has 0 amide bonds. The van der Waals surface area contributed by atoms with Gasteiger partial charge < -0.3 is 0 Å². The van der Waals surface area contributed by atoms with E-state index in [4.69, 9.17) is 0 Å². The highest BCUT2D eigenvalue weighted by Gasteiger charge is 2.47. The Morgan fingerprint density at radius 2 is 1.62 bits per heavy atom. The number of hydrogen-bond acceptors (Lipinski definition) is 3. The molecule has 0 bridgehead atoms. The Kier molecular flexibility index (Phi) is 6.44. The zero-order valence-corrected chi connectivity index (χ0v) is 17.2. The van der Waals surface area contributed by atoms with Gasteiger partial charge in [-0.3, -0.25) is 9.80 Å². The van der Waals surface area contributed by atoms with Gasteiger partial charge in [-0.2, -0.15) is 5.26 Å². The fourth-order valence-electron chi connectivity index (χ4n) is 5.19. The smallest absolute Gasteiger partial charge is 0.0689 e. The fourth-order valence-corrected chi connectivity index (χ4v) is 5.19. The van der Waals surface area contributed by atoms with Crippen LogP contribution < -0.4 is 0 Å². The standard InChI is InChI=1S/C26H31N3/c27-22-25-15-7-8-16-26(25,24-13-5-2-6-14-24)29-20-18-28(19-21-29)17-9-12-23-10-3-1-4-11-23/h1-6,9-14,25H,7-8,15-21H2/b12-9-.